The Morgan fingerprint density at radius 2 is 1.76 bits per heavy atom. The van der Waals surface area contributed by atoms with Crippen molar-refractivity contribution in [1.82, 2.24) is 4.98 Å². The lowest BCUT2D eigenvalue weighted by atomic mass is 10.1. The van der Waals surface area contributed by atoms with Crippen LogP contribution in [-0.2, 0) is 16.5 Å². The van der Waals surface area contributed by atoms with E-state index in [2.05, 4.69) is 20.9 Å². The van der Waals surface area contributed by atoms with E-state index >= 15 is 0 Å². The van der Waals surface area contributed by atoms with Gasteiger partial charge < -0.3 is 0 Å². The van der Waals surface area contributed by atoms with Crippen LogP contribution in [0.25, 0.3) is 11.1 Å². The second-order valence-electron chi connectivity index (χ2n) is 3.58. The van der Waals surface area contributed by atoms with Gasteiger partial charge in [-0.3, -0.25) is 4.98 Å². The summed E-state index contributed by atoms with van der Waals surface area (Å²) in [6, 6.07) is 9.41. The van der Waals surface area contributed by atoms with Gasteiger partial charge in [-0.2, -0.15) is 0 Å². The summed E-state index contributed by atoms with van der Waals surface area (Å²) in [4.78, 5) is 4.09. The van der Waals surface area contributed by atoms with Gasteiger partial charge in [0, 0.05) is 22.4 Å². The van der Waals surface area contributed by atoms with Crippen LogP contribution in [0.3, 0.4) is 0 Å². The molecule has 1 aromatic heterocycles. The van der Waals surface area contributed by atoms with E-state index in [-0.39, 0.29) is 5.75 Å². The fraction of sp³-hybridized carbons (Fsp3) is 0.0833. The van der Waals surface area contributed by atoms with Gasteiger partial charge in [0.1, 0.15) is 10.7 Å². The van der Waals surface area contributed by atoms with Crippen molar-refractivity contribution in [3.63, 3.8) is 0 Å². The highest BCUT2D eigenvalue weighted by Crippen LogP contribution is 2.22. The number of aromatic nitrogens is 1. The van der Waals surface area contributed by atoms with Crippen LogP contribution in [0, 0.1) is 0 Å². The maximum Gasteiger partial charge on any atom is 0.144 e. The second-order valence-corrected chi connectivity index (χ2v) is 5.48. The minimum absolute atomic E-state index is 0.0896. The first kappa shape index (κ1) is 12.3. The van der Waals surface area contributed by atoms with E-state index in [0.717, 1.165) is 21.2 Å². The van der Waals surface area contributed by atoms with Crippen molar-refractivity contribution in [1.29, 1.82) is 0 Å². The number of nitrogens with zero attached hydrogens (tertiary/aromatic N) is 1. The lowest BCUT2D eigenvalue weighted by molar-refractivity contribution is 0.614. The van der Waals surface area contributed by atoms with Gasteiger partial charge in [0.25, 0.3) is 0 Å². The molecule has 0 spiro atoms. The molecule has 0 bridgehead atoms. The lowest BCUT2D eigenvalue weighted by Gasteiger charge is -2.02. The molecule has 0 saturated carbocycles. The van der Waals surface area contributed by atoms with Crippen LogP contribution in [0.2, 0.25) is 0 Å². The number of rotatable bonds is 3. The van der Waals surface area contributed by atoms with Crippen molar-refractivity contribution in [3.05, 3.63) is 52.8 Å². The van der Waals surface area contributed by atoms with Crippen molar-refractivity contribution in [2.45, 2.75) is 5.75 Å². The summed E-state index contributed by atoms with van der Waals surface area (Å²) in [6.45, 7) is 0. The molecule has 17 heavy (non-hydrogen) atoms. The molecular weight excluding hydrogens is 302 g/mol. The standard InChI is InChI=1S/C12H10BrNO2S/c13-12-5-11(6-14-7-12)10-3-1-9(2-4-10)8-17(15)16/h1-7,17H,8H2. The smallest absolute Gasteiger partial charge is 0.144 e. The zero-order chi connectivity index (χ0) is 12.3. The topological polar surface area (TPSA) is 47.0 Å². The van der Waals surface area contributed by atoms with E-state index in [4.69, 9.17) is 0 Å². The molecule has 0 atom stereocenters. The summed E-state index contributed by atoms with van der Waals surface area (Å²) in [5.41, 5.74) is 2.81. The fourth-order valence-electron chi connectivity index (χ4n) is 1.52. The molecular formula is C12H10BrNO2S. The van der Waals surface area contributed by atoms with E-state index in [1.807, 2.05) is 30.3 Å². The molecule has 3 nitrogen and oxygen atoms in total. The Morgan fingerprint density at radius 3 is 2.35 bits per heavy atom. The van der Waals surface area contributed by atoms with Crippen LogP contribution in [0.5, 0.6) is 0 Å². The third-order valence-electron chi connectivity index (χ3n) is 2.30. The molecule has 0 unspecified atom stereocenters. The van der Waals surface area contributed by atoms with Crippen molar-refractivity contribution in [2.24, 2.45) is 0 Å². The van der Waals surface area contributed by atoms with Gasteiger partial charge >= 0.3 is 0 Å². The summed E-state index contributed by atoms with van der Waals surface area (Å²) < 4.78 is 22.1. The Labute approximate surface area is 110 Å². The van der Waals surface area contributed by atoms with Crippen molar-refractivity contribution >= 4 is 26.6 Å². The number of thiol groups is 1. The molecule has 0 radical (unpaired) electrons. The minimum atomic E-state index is -2.37. The summed E-state index contributed by atoms with van der Waals surface area (Å²) in [5.74, 6) is 0.0896. The third kappa shape index (κ3) is 3.38. The third-order valence-corrected chi connectivity index (χ3v) is 3.36. The Bertz CT molecular complexity index is 586. The molecule has 0 aliphatic carbocycles. The van der Waals surface area contributed by atoms with Crippen LogP contribution in [0.15, 0.2) is 47.2 Å². The molecule has 2 aromatic rings. The predicted octanol–water partition coefficient (Wildman–Crippen LogP) is 2.62. The fourth-order valence-corrected chi connectivity index (χ4v) is 2.40. The van der Waals surface area contributed by atoms with E-state index < -0.39 is 10.7 Å². The molecule has 1 heterocycles. The van der Waals surface area contributed by atoms with Gasteiger partial charge in [0.15, 0.2) is 0 Å². The molecule has 0 amide bonds. The van der Waals surface area contributed by atoms with Crippen LogP contribution < -0.4 is 0 Å². The molecule has 0 aliphatic rings. The van der Waals surface area contributed by atoms with Gasteiger partial charge in [-0.1, -0.05) is 24.3 Å². The van der Waals surface area contributed by atoms with Gasteiger partial charge in [-0.15, -0.1) is 0 Å². The van der Waals surface area contributed by atoms with Gasteiger partial charge in [0.05, 0.1) is 5.75 Å². The SMILES string of the molecule is O=[SH](=O)Cc1ccc(-c2cncc(Br)c2)cc1. The Morgan fingerprint density at radius 1 is 1.06 bits per heavy atom. The predicted molar refractivity (Wildman–Crippen MR) is 71.4 cm³/mol. The summed E-state index contributed by atoms with van der Waals surface area (Å²) >= 11 is 3.36. The number of hydrogen-bond acceptors (Lipinski definition) is 3. The molecule has 0 saturated heterocycles. The van der Waals surface area contributed by atoms with Gasteiger partial charge in [-0.05, 0) is 33.1 Å². The van der Waals surface area contributed by atoms with Crippen molar-refractivity contribution in [2.75, 3.05) is 0 Å². The van der Waals surface area contributed by atoms with E-state index in [1.165, 1.54) is 0 Å². The maximum atomic E-state index is 10.6. The zero-order valence-corrected chi connectivity index (χ0v) is 11.3. The first-order valence-corrected chi connectivity index (χ1v) is 7.12. The van der Waals surface area contributed by atoms with Crippen molar-refractivity contribution < 1.29 is 8.42 Å². The molecule has 0 fully saturated rings. The number of halogens is 1. The second kappa shape index (κ2) is 5.42. The van der Waals surface area contributed by atoms with Crippen LogP contribution in [0.4, 0.5) is 0 Å². The Balaban J connectivity index is 2.29. The number of hydrogen-bond donors (Lipinski definition) is 1. The molecule has 88 valence electrons. The summed E-state index contributed by atoms with van der Waals surface area (Å²) in [5, 5.41) is 0. The summed E-state index contributed by atoms with van der Waals surface area (Å²) in [6.07, 6.45) is 3.49. The highest BCUT2D eigenvalue weighted by atomic mass is 79.9. The maximum absolute atomic E-state index is 10.6. The van der Waals surface area contributed by atoms with Gasteiger partial charge in [-0.25, -0.2) is 8.42 Å². The van der Waals surface area contributed by atoms with Crippen LogP contribution in [0.1, 0.15) is 5.56 Å². The van der Waals surface area contributed by atoms with Gasteiger partial charge in [0.2, 0.25) is 0 Å². The normalized spacial score (nSPS) is 10.7. The average Bonchev–Trinajstić information content (AvgIpc) is 2.29. The monoisotopic (exact) mass is 311 g/mol. The van der Waals surface area contributed by atoms with E-state index in [0.29, 0.717) is 0 Å². The summed E-state index contributed by atoms with van der Waals surface area (Å²) in [7, 11) is -2.37. The largest absolute Gasteiger partial charge is 0.263 e. The van der Waals surface area contributed by atoms with E-state index in [1.54, 1.807) is 12.4 Å². The number of benzene rings is 1. The van der Waals surface area contributed by atoms with Crippen LogP contribution in [-0.4, -0.2) is 13.4 Å². The molecule has 0 N–H and O–H groups in total. The number of pyridine rings is 1. The van der Waals surface area contributed by atoms with Crippen molar-refractivity contribution in [3.8, 4) is 11.1 Å². The molecule has 5 heteroatoms. The molecule has 0 aliphatic heterocycles. The van der Waals surface area contributed by atoms with Crippen LogP contribution >= 0.6 is 15.9 Å². The minimum Gasteiger partial charge on any atom is -0.263 e. The highest BCUT2D eigenvalue weighted by Gasteiger charge is 2.00. The zero-order valence-electron chi connectivity index (χ0n) is 8.84. The highest BCUT2D eigenvalue weighted by molar-refractivity contribution is 9.10. The molecule has 1 aromatic carbocycles. The first-order chi connectivity index (χ1) is 8.15. The Kier molecular flexibility index (Phi) is 3.91. The Hall–Kier alpha value is -1.20. The lowest BCUT2D eigenvalue weighted by Crippen LogP contribution is -1.87. The first-order valence-electron chi connectivity index (χ1n) is 4.97. The van der Waals surface area contributed by atoms with E-state index in [9.17, 15) is 8.42 Å². The molecule has 2 rings (SSSR count). The average molecular weight is 312 g/mol. The quantitative estimate of drug-likeness (QED) is 0.886.